The smallest absolute Gasteiger partial charge is 0.251 e. The lowest BCUT2D eigenvalue weighted by Crippen LogP contribution is -2.11. The van der Waals surface area contributed by atoms with Crippen LogP contribution < -0.4 is 5.56 Å². The second-order valence-electron chi connectivity index (χ2n) is 2.83. The van der Waals surface area contributed by atoms with Crippen LogP contribution in [-0.4, -0.2) is 25.0 Å². The molecule has 0 fully saturated rings. The van der Waals surface area contributed by atoms with Gasteiger partial charge in [0, 0.05) is 12.3 Å². The van der Waals surface area contributed by atoms with Gasteiger partial charge in [-0.05, 0) is 6.07 Å². The van der Waals surface area contributed by atoms with E-state index in [1.165, 1.54) is 12.4 Å². The molecule has 2 N–H and O–H groups in total. The van der Waals surface area contributed by atoms with Gasteiger partial charge < -0.3 is 10.1 Å². The van der Waals surface area contributed by atoms with E-state index < -0.39 is 0 Å². The van der Waals surface area contributed by atoms with Crippen LogP contribution in [0.15, 0.2) is 29.5 Å². The largest absolute Gasteiger partial charge is 0.388 e. The van der Waals surface area contributed by atoms with Crippen LogP contribution in [0.4, 0.5) is 0 Å². The van der Waals surface area contributed by atoms with Crippen molar-refractivity contribution < 1.29 is 5.11 Å². The normalized spacial score (nSPS) is 10.2. The highest BCUT2D eigenvalue weighted by Crippen LogP contribution is 2.09. The Morgan fingerprint density at radius 3 is 2.93 bits per heavy atom. The summed E-state index contributed by atoms with van der Waals surface area (Å²) < 4.78 is 0. The number of aromatic nitrogens is 4. The van der Waals surface area contributed by atoms with E-state index in [-0.39, 0.29) is 18.0 Å². The monoisotopic (exact) mass is 204 g/mol. The summed E-state index contributed by atoms with van der Waals surface area (Å²) in [7, 11) is 0. The van der Waals surface area contributed by atoms with Crippen LogP contribution in [-0.2, 0) is 6.61 Å². The average Bonchev–Trinajstić information content (AvgIpc) is 2.29. The molecule has 0 aliphatic carbocycles. The lowest BCUT2D eigenvalue weighted by molar-refractivity contribution is 0.271. The summed E-state index contributed by atoms with van der Waals surface area (Å²) >= 11 is 0. The molecule has 0 aromatic carbocycles. The zero-order valence-electron chi connectivity index (χ0n) is 7.71. The molecule has 0 saturated carbocycles. The van der Waals surface area contributed by atoms with Gasteiger partial charge in [-0.1, -0.05) is 0 Å². The van der Waals surface area contributed by atoms with E-state index in [1.807, 2.05) is 0 Å². The van der Waals surface area contributed by atoms with Gasteiger partial charge in [-0.3, -0.25) is 4.79 Å². The van der Waals surface area contributed by atoms with E-state index in [0.29, 0.717) is 11.4 Å². The Morgan fingerprint density at radius 1 is 1.40 bits per heavy atom. The third-order valence-electron chi connectivity index (χ3n) is 1.78. The standard InChI is InChI=1S/C9H8N4O2/c14-4-8-12-7(3-9(15)13-8)6-1-2-10-5-11-6/h1-3,5,14H,4H2,(H,12,13,15). The highest BCUT2D eigenvalue weighted by atomic mass is 16.3. The van der Waals surface area contributed by atoms with Gasteiger partial charge in [-0.15, -0.1) is 0 Å². The molecule has 0 aliphatic rings. The molecule has 0 unspecified atom stereocenters. The summed E-state index contributed by atoms with van der Waals surface area (Å²) in [4.78, 5) is 25.3. The Bertz CT molecular complexity index is 509. The summed E-state index contributed by atoms with van der Waals surface area (Å²) in [5, 5.41) is 8.87. The molecule has 0 spiro atoms. The van der Waals surface area contributed by atoms with Gasteiger partial charge in [0.1, 0.15) is 18.8 Å². The molecule has 0 radical (unpaired) electrons. The number of rotatable bonds is 2. The molecule has 0 atom stereocenters. The number of H-pyrrole nitrogens is 1. The molecule has 6 heteroatoms. The first-order valence-corrected chi connectivity index (χ1v) is 4.27. The van der Waals surface area contributed by atoms with Gasteiger partial charge in [0.2, 0.25) is 0 Å². The Hall–Kier alpha value is -2.08. The van der Waals surface area contributed by atoms with E-state index in [0.717, 1.165) is 0 Å². The molecule has 0 aliphatic heterocycles. The number of hydrogen-bond donors (Lipinski definition) is 2. The molecule has 15 heavy (non-hydrogen) atoms. The molecule has 6 nitrogen and oxygen atoms in total. The molecule has 2 aromatic heterocycles. The SMILES string of the molecule is O=c1cc(-c2ccncn2)nc(CO)[nH]1. The average molecular weight is 204 g/mol. The molecule has 0 bridgehead atoms. The van der Waals surface area contributed by atoms with Gasteiger partial charge in [0.05, 0.1) is 11.4 Å². The van der Waals surface area contributed by atoms with E-state index in [1.54, 1.807) is 12.3 Å². The summed E-state index contributed by atoms with van der Waals surface area (Å²) in [5.41, 5.74) is 0.652. The maximum Gasteiger partial charge on any atom is 0.251 e. The number of aliphatic hydroxyl groups is 1. The topological polar surface area (TPSA) is 91.8 Å². The van der Waals surface area contributed by atoms with Crippen molar-refractivity contribution in [3.05, 3.63) is 40.8 Å². The van der Waals surface area contributed by atoms with Crippen molar-refractivity contribution in [2.45, 2.75) is 6.61 Å². The van der Waals surface area contributed by atoms with Crippen LogP contribution in [0.25, 0.3) is 11.4 Å². The van der Waals surface area contributed by atoms with Crippen molar-refractivity contribution in [2.24, 2.45) is 0 Å². The summed E-state index contributed by atoms with van der Waals surface area (Å²) in [6, 6.07) is 2.96. The van der Waals surface area contributed by atoms with E-state index in [2.05, 4.69) is 19.9 Å². The molecular weight excluding hydrogens is 196 g/mol. The second-order valence-corrected chi connectivity index (χ2v) is 2.83. The Balaban J connectivity index is 2.54. The van der Waals surface area contributed by atoms with Crippen LogP contribution in [0.3, 0.4) is 0 Å². The quantitative estimate of drug-likeness (QED) is 0.701. The van der Waals surface area contributed by atoms with Gasteiger partial charge in [-0.2, -0.15) is 0 Å². The van der Waals surface area contributed by atoms with E-state index in [9.17, 15) is 4.79 Å². The van der Waals surface area contributed by atoms with Crippen molar-refractivity contribution in [1.82, 2.24) is 19.9 Å². The highest BCUT2D eigenvalue weighted by Gasteiger charge is 2.03. The van der Waals surface area contributed by atoms with Crippen LogP contribution in [0, 0.1) is 0 Å². The molecule has 0 amide bonds. The Labute approximate surface area is 84.7 Å². The summed E-state index contributed by atoms with van der Waals surface area (Å²) in [6.45, 7) is -0.311. The molecule has 2 rings (SSSR count). The van der Waals surface area contributed by atoms with Gasteiger partial charge >= 0.3 is 0 Å². The summed E-state index contributed by atoms with van der Waals surface area (Å²) in [5.74, 6) is 0.219. The number of aliphatic hydroxyl groups excluding tert-OH is 1. The van der Waals surface area contributed by atoms with Gasteiger partial charge in [-0.25, -0.2) is 15.0 Å². The number of hydrogen-bond acceptors (Lipinski definition) is 5. The molecular formula is C9H8N4O2. The molecule has 0 saturated heterocycles. The number of nitrogens with zero attached hydrogens (tertiary/aromatic N) is 3. The number of nitrogens with one attached hydrogen (secondary N) is 1. The van der Waals surface area contributed by atoms with Crippen molar-refractivity contribution >= 4 is 0 Å². The predicted octanol–water partition coefficient (Wildman–Crippen LogP) is -0.281. The predicted molar refractivity (Wildman–Crippen MR) is 51.8 cm³/mol. The molecule has 76 valence electrons. The minimum absolute atomic E-state index is 0.219. The zero-order valence-corrected chi connectivity index (χ0v) is 7.71. The van der Waals surface area contributed by atoms with Crippen LogP contribution >= 0.6 is 0 Å². The van der Waals surface area contributed by atoms with Crippen molar-refractivity contribution in [3.8, 4) is 11.4 Å². The van der Waals surface area contributed by atoms with Gasteiger partial charge in [0.25, 0.3) is 5.56 Å². The van der Waals surface area contributed by atoms with Gasteiger partial charge in [0.15, 0.2) is 0 Å². The molecule has 2 aromatic rings. The fourth-order valence-corrected chi connectivity index (χ4v) is 1.16. The Morgan fingerprint density at radius 2 is 2.27 bits per heavy atom. The van der Waals surface area contributed by atoms with Crippen LogP contribution in [0.2, 0.25) is 0 Å². The first kappa shape index (κ1) is 9.47. The van der Waals surface area contributed by atoms with Crippen LogP contribution in [0.1, 0.15) is 5.82 Å². The third-order valence-corrected chi connectivity index (χ3v) is 1.78. The summed E-state index contributed by atoms with van der Waals surface area (Å²) in [6.07, 6.45) is 2.93. The Kier molecular flexibility index (Phi) is 2.51. The lowest BCUT2D eigenvalue weighted by atomic mass is 10.3. The van der Waals surface area contributed by atoms with Crippen molar-refractivity contribution in [2.75, 3.05) is 0 Å². The first-order valence-electron chi connectivity index (χ1n) is 4.27. The number of aromatic amines is 1. The van der Waals surface area contributed by atoms with Crippen molar-refractivity contribution in [3.63, 3.8) is 0 Å². The van der Waals surface area contributed by atoms with E-state index in [4.69, 9.17) is 5.11 Å². The maximum atomic E-state index is 11.2. The lowest BCUT2D eigenvalue weighted by Gasteiger charge is -2.00. The second kappa shape index (κ2) is 3.97. The first-order chi connectivity index (χ1) is 7.29. The highest BCUT2D eigenvalue weighted by molar-refractivity contribution is 5.52. The minimum Gasteiger partial charge on any atom is -0.388 e. The van der Waals surface area contributed by atoms with Crippen LogP contribution in [0.5, 0.6) is 0 Å². The van der Waals surface area contributed by atoms with E-state index >= 15 is 0 Å². The van der Waals surface area contributed by atoms with Crippen molar-refractivity contribution in [1.29, 1.82) is 0 Å². The maximum absolute atomic E-state index is 11.2. The third kappa shape index (κ3) is 2.05. The minimum atomic E-state index is -0.317. The fourth-order valence-electron chi connectivity index (χ4n) is 1.16. The fraction of sp³-hybridized carbons (Fsp3) is 0.111. The molecule has 2 heterocycles. The zero-order chi connectivity index (χ0) is 10.7.